The lowest BCUT2D eigenvalue weighted by molar-refractivity contribution is -0.149. The lowest BCUT2D eigenvalue weighted by Crippen LogP contribution is -2.45. The number of nitrogens with zero attached hydrogens (tertiary/aromatic N) is 2. The summed E-state index contributed by atoms with van der Waals surface area (Å²) in [6.07, 6.45) is 1.30. The first-order valence-electron chi connectivity index (χ1n) is 7.64. The third-order valence-corrected chi connectivity index (χ3v) is 4.00. The van der Waals surface area contributed by atoms with E-state index in [1.165, 1.54) is 0 Å². The Kier molecular flexibility index (Phi) is 5.41. The molecule has 1 aromatic rings. The lowest BCUT2D eigenvalue weighted by Gasteiger charge is -2.30. The van der Waals surface area contributed by atoms with Crippen molar-refractivity contribution in [2.24, 2.45) is 5.92 Å². The van der Waals surface area contributed by atoms with Gasteiger partial charge < -0.3 is 19.5 Å². The van der Waals surface area contributed by atoms with Crippen molar-refractivity contribution < 1.29 is 18.8 Å². The molecule has 2 amide bonds. The van der Waals surface area contributed by atoms with Crippen LogP contribution in [0.25, 0.3) is 0 Å². The molecule has 22 heavy (non-hydrogen) atoms. The second-order valence-electron chi connectivity index (χ2n) is 5.47. The average Bonchev–Trinajstić information content (AvgIpc) is 2.84. The highest BCUT2D eigenvalue weighted by Crippen LogP contribution is 2.19. The average molecular weight is 309 g/mol. The quantitative estimate of drug-likeness (QED) is 0.857. The van der Waals surface area contributed by atoms with Crippen molar-refractivity contribution in [1.82, 2.24) is 15.4 Å². The molecule has 0 saturated carbocycles. The number of rotatable bonds is 4. The number of hydrogen-bond acceptors (Lipinski definition) is 5. The number of likely N-dealkylation sites (tertiary alicyclic amines) is 1. The van der Waals surface area contributed by atoms with Crippen molar-refractivity contribution in [3.05, 3.63) is 17.0 Å². The third-order valence-electron chi connectivity index (χ3n) is 4.00. The highest BCUT2D eigenvalue weighted by atomic mass is 16.5. The number of piperidine rings is 1. The number of urea groups is 1. The van der Waals surface area contributed by atoms with Crippen LogP contribution in [0.1, 0.15) is 36.8 Å². The minimum absolute atomic E-state index is 0.0911. The molecule has 1 aliphatic heterocycles. The number of amides is 2. The van der Waals surface area contributed by atoms with E-state index in [0.717, 1.165) is 17.0 Å². The van der Waals surface area contributed by atoms with Gasteiger partial charge >= 0.3 is 12.0 Å². The molecule has 2 heterocycles. The molecule has 122 valence electrons. The van der Waals surface area contributed by atoms with Gasteiger partial charge in [-0.2, -0.15) is 0 Å². The SMILES string of the molecule is CCOC(=O)C1CCN(C(=O)NCc2c(C)noc2C)CC1. The summed E-state index contributed by atoms with van der Waals surface area (Å²) >= 11 is 0. The number of ether oxygens (including phenoxy) is 1. The number of aromatic nitrogens is 1. The molecular formula is C15H23N3O4. The van der Waals surface area contributed by atoms with Crippen LogP contribution in [-0.4, -0.2) is 41.8 Å². The van der Waals surface area contributed by atoms with E-state index in [0.29, 0.717) is 39.1 Å². The lowest BCUT2D eigenvalue weighted by atomic mass is 9.97. The van der Waals surface area contributed by atoms with Gasteiger partial charge in [0.2, 0.25) is 0 Å². The van der Waals surface area contributed by atoms with E-state index in [1.807, 2.05) is 13.8 Å². The maximum Gasteiger partial charge on any atom is 0.317 e. The summed E-state index contributed by atoms with van der Waals surface area (Å²) in [4.78, 5) is 25.6. The molecule has 2 rings (SSSR count). The molecule has 1 saturated heterocycles. The summed E-state index contributed by atoms with van der Waals surface area (Å²) in [7, 11) is 0. The molecule has 0 atom stereocenters. The van der Waals surface area contributed by atoms with Gasteiger partial charge in [0.1, 0.15) is 5.76 Å². The van der Waals surface area contributed by atoms with Crippen molar-refractivity contribution in [1.29, 1.82) is 0 Å². The van der Waals surface area contributed by atoms with Crippen LogP contribution in [0.3, 0.4) is 0 Å². The minimum atomic E-state index is -0.154. The Hall–Kier alpha value is -2.05. The summed E-state index contributed by atoms with van der Waals surface area (Å²) in [5.41, 5.74) is 1.70. The largest absolute Gasteiger partial charge is 0.466 e. The maximum absolute atomic E-state index is 12.2. The molecular weight excluding hydrogens is 286 g/mol. The molecule has 0 bridgehead atoms. The van der Waals surface area contributed by atoms with Crippen LogP contribution in [0.15, 0.2) is 4.52 Å². The van der Waals surface area contributed by atoms with Crippen molar-refractivity contribution >= 4 is 12.0 Å². The first-order valence-corrected chi connectivity index (χ1v) is 7.64. The van der Waals surface area contributed by atoms with Crippen LogP contribution in [0.4, 0.5) is 4.79 Å². The van der Waals surface area contributed by atoms with Gasteiger partial charge in [0.05, 0.1) is 18.2 Å². The molecule has 1 fully saturated rings. The Morgan fingerprint density at radius 1 is 1.36 bits per heavy atom. The molecule has 7 heteroatoms. The number of esters is 1. The van der Waals surface area contributed by atoms with Crippen molar-refractivity contribution in [3.63, 3.8) is 0 Å². The number of aryl methyl sites for hydroxylation is 2. The standard InChI is InChI=1S/C15H23N3O4/c1-4-21-14(19)12-5-7-18(8-6-12)15(20)16-9-13-10(2)17-22-11(13)3/h12H,4-9H2,1-3H3,(H,16,20). The Labute approximate surface area is 130 Å². The molecule has 1 N–H and O–H groups in total. The summed E-state index contributed by atoms with van der Waals surface area (Å²) in [6.45, 7) is 7.41. The summed E-state index contributed by atoms with van der Waals surface area (Å²) < 4.78 is 10.1. The summed E-state index contributed by atoms with van der Waals surface area (Å²) in [5, 5.41) is 6.74. The van der Waals surface area contributed by atoms with Gasteiger partial charge in [-0.3, -0.25) is 4.79 Å². The van der Waals surface area contributed by atoms with Gasteiger partial charge in [0, 0.05) is 25.2 Å². The van der Waals surface area contributed by atoms with Crippen LogP contribution in [0.5, 0.6) is 0 Å². The van der Waals surface area contributed by atoms with E-state index in [4.69, 9.17) is 9.26 Å². The number of nitrogens with one attached hydrogen (secondary N) is 1. The molecule has 0 aliphatic carbocycles. The van der Waals surface area contributed by atoms with Gasteiger partial charge in [-0.1, -0.05) is 5.16 Å². The van der Waals surface area contributed by atoms with Crippen LogP contribution >= 0.6 is 0 Å². The van der Waals surface area contributed by atoms with Crippen molar-refractivity contribution in [2.75, 3.05) is 19.7 Å². The molecule has 0 radical (unpaired) electrons. The Morgan fingerprint density at radius 3 is 2.59 bits per heavy atom. The fraction of sp³-hybridized carbons (Fsp3) is 0.667. The molecule has 1 aliphatic rings. The van der Waals surface area contributed by atoms with Gasteiger partial charge in [-0.25, -0.2) is 4.79 Å². The zero-order chi connectivity index (χ0) is 16.1. The first kappa shape index (κ1) is 16.3. The second kappa shape index (κ2) is 7.29. The van der Waals surface area contributed by atoms with Crippen LogP contribution in [-0.2, 0) is 16.1 Å². The van der Waals surface area contributed by atoms with E-state index < -0.39 is 0 Å². The van der Waals surface area contributed by atoms with Crippen LogP contribution in [0.2, 0.25) is 0 Å². The fourth-order valence-corrected chi connectivity index (χ4v) is 2.61. The van der Waals surface area contributed by atoms with Gasteiger partial charge in [-0.15, -0.1) is 0 Å². The third kappa shape index (κ3) is 3.78. The zero-order valence-electron chi connectivity index (χ0n) is 13.3. The number of carbonyl (C=O) groups is 2. The molecule has 0 unspecified atom stereocenters. The zero-order valence-corrected chi connectivity index (χ0v) is 13.3. The smallest absolute Gasteiger partial charge is 0.317 e. The minimum Gasteiger partial charge on any atom is -0.466 e. The maximum atomic E-state index is 12.2. The van der Waals surface area contributed by atoms with Crippen molar-refractivity contribution in [3.8, 4) is 0 Å². The highest BCUT2D eigenvalue weighted by Gasteiger charge is 2.28. The van der Waals surface area contributed by atoms with E-state index in [-0.39, 0.29) is 17.9 Å². The summed E-state index contributed by atoms with van der Waals surface area (Å²) in [5.74, 6) is 0.476. The normalized spacial score (nSPS) is 15.7. The van der Waals surface area contributed by atoms with E-state index >= 15 is 0 Å². The van der Waals surface area contributed by atoms with Gasteiger partial charge in [0.25, 0.3) is 0 Å². The Balaban J connectivity index is 1.79. The van der Waals surface area contributed by atoms with Gasteiger partial charge in [-0.05, 0) is 33.6 Å². The Morgan fingerprint density at radius 2 is 2.05 bits per heavy atom. The number of hydrogen-bond donors (Lipinski definition) is 1. The fourth-order valence-electron chi connectivity index (χ4n) is 2.61. The Bertz CT molecular complexity index is 513. The van der Waals surface area contributed by atoms with Gasteiger partial charge in [0.15, 0.2) is 0 Å². The highest BCUT2D eigenvalue weighted by molar-refractivity contribution is 5.76. The van der Waals surface area contributed by atoms with Crippen LogP contribution in [0, 0.1) is 19.8 Å². The summed E-state index contributed by atoms with van der Waals surface area (Å²) in [6, 6.07) is -0.123. The molecule has 1 aromatic heterocycles. The predicted molar refractivity (Wildman–Crippen MR) is 79.1 cm³/mol. The number of carbonyl (C=O) groups excluding carboxylic acids is 2. The van der Waals surface area contributed by atoms with E-state index in [9.17, 15) is 9.59 Å². The van der Waals surface area contributed by atoms with E-state index in [1.54, 1.807) is 11.8 Å². The monoisotopic (exact) mass is 309 g/mol. The first-order chi connectivity index (χ1) is 10.5. The van der Waals surface area contributed by atoms with Crippen molar-refractivity contribution in [2.45, 2.75) is 40.2 Å². The predicted octanol–water partition coefficient (Wildman–Crippen LogP) is 1.78. The molecule has 0 aromatic carbocycles. The van der Waals surface area contributed by atoms with Crippen LogP contribution < -0.4 is 5.32 Å². The molecule has 7 nitrogen and oxygen atoms in total. The molecule has 0 spiro atoms. The van der Waals surface area contributed by atoms with E-state index in [2.05, 4.69) is 10.5 Å². The second-order valence-corrected chi connectivity index (χ2v) is 5.47. The topological polar surface area (TPSA) is 84.7 Å².